The van der Waals surface area contributed by atoms with E-state index in [1.54, 1.807) is 25.5 Å². The third-order valence-corrected chi connectivity index (χ3v) is 6.57. The Bertz CT molecular complexity index is 718. The molecule has 1 saturated carbocycles. The SMILES string of the molecule is CC1=CC(=O)C[C@@H]2[C@]3(C[C@H](c4ccoc4)OC3=O)[C@@H](C)CC[C@@]12O. The summed E-state index contributed by atoms with van der Waals surface area (Å²) in [6, 6.07) is 1.80. The van der Waals surface area contributed by atoms with Crippen LogP contribution in [0.1, 0.15) is 51.2 Å². The molecule has 1 aromatic heterocycles. The Kier molecular flexibility index (Phi) is 3.29. The molecule has 1 spiro atoms. The first-order chi connectivity index (χ1) is 11.4. The maximum atomic E-state index is 13.0. The van der Waals surface area contributed by atoms with Crippen molar-refractivity contribution in [2.75, 3.05) is 0 Å². The fraction of sp³-hybridized carbons (Fsp3) is 0.579. The first-order valence-corrected chi connectivity index (χ1v) is 8.55. The van der Waals surface area contributed by atoms with Gasteiger partial charge in [-0.1, -0.05) is 6.92 Å². The number of rotatable bonds is 1. The van der Waals surface area contributed by atoms with Crippen LogP contribution in [0.4, 0.5) is 0 Å². The summed E-state index contributed by atoms with van der Waals surface area (Å²) in [6.45, 7) is 3.83. The molecule has 1 saturated heterocycles. The van der Waals surface area contributed by atoms with Crippen LogP contribution in [-0.2, 0) is 14.3 Å². The zero-order valence-electron chi connectivity index (χ0n) is 14.0. The summed E-state index contributed by atoms with van der Waals surface area (Å²) in [5, 5.41) is 11.3. The van der Waals surface area contributed by atoms with Gasteiger partial charge in [0.25, 0.3) is 0 Å². The summed E-state index contributed by atoms with van der Waals surface area (Å²) in [6.07, 6.45) is 6.32. The molecule has 2 fully saturated rings. The summed E-state index contributed by atoms with van der Waals surface area (Å²) < 4.78 is 10.8. The number of hydrogen-bond acceptors (Lipinski definition) is 5. The van der Waals surface area contributed by atoms with Crippen molar-refractivity contribution >= 4 is 11.8 Å². The Morgan fingerprint density at radius 2 is 2.12 bits per heavy atom. The van der Waals surface area contributed by atoms with Crippen LogP contribution < -0.4 is 0 Å². The van der Waals surface area contributed by atoms with Gasteiger partial charge in [0.15, 0.2) is 5.78 Å². The average Bonchev–Trinajstić information content (AvgIpc) is 3.16. The van der Waals surface area contributed by atoms with Crippen LogP contribution >= 0.6 is 0 Å². The van der Waals surface area contributed by atoms with E-state index in [2.05, 4.69) is 0 Å². The van der Waals surface area contributed by atoms with E-state index in [4.69, 9.17) is 9.15 Å². The van der Waals surface area contributed by atoms with E-state index in [1.165, 1.54) is 6.08 Å². The lowest BCUT2D eigenvalue weighted by atomic mass is 9.50. The molecule has 4 rings (SSSR count). The number of aliphatic hydroxyl groups is 1. The van der Waals surface area contributed by atoms with E-state index in [-0.39, 0.29) is 30.2 Å². The van der Waals surface area contributed by atoms with E-state index in [0.29, 0.717) is 18.4 Å². The van der Waals surface area contributed by atoms with E-state index < -0.39 is 16.9 Å². The van der Waals surface area contributed by atoms with Crippen LogP contribution in [-0.4, -0.2) is 22.5 Å². The highest BCUT2D eigenvalue weighted by Crippen LogP contribution is 2.62. The number of fused-ring (bicyclic) bond motifs is 2. The minimum Gasteiger partial charge on any atom is -0.472 e. The van der Waals surface area contributed by atoms with Gasteiger partial charge in [0.1, 0.15) is 6.10 Å². The van der Waals surface area contributed by atoms with Gasteiger partial charge < -0.3 is 14.3 Å². The topological polar surface area (TPSA) is 76.7 Å². The van der Waals surface area contributed by atoms with E-state index in [9.17, 15) is 14.7 Å². The van der Waals surface area contributed by atoms with Gasteiger partial charge in [-0.3, -0.25) is 9.59 Å². The molecule has 0 radical (unpaired) electrons. The predicted molar refractivity (Wildman–Crippen MR) is 84.8 cm³/mol. The molecular formula is C19H22O5. The van der Waals surface area contributed by atoms with Crippen molar-refractivity contribution in [3.63, 3.8) is 0 Å². The summed E-state index contributed by atoms with van der Waals surface area (Å²) in [7, 11) is 0. The maximum absolute atomic E-state index is 13.0. The Balaban J connectivity index is 1.79. The molecule has 1 N–H and O–H groups in total. The van der Waals surface area contributed by atoms with Crippen molar-refractivity contribution in [3.05, 3.63) is 35.8 Å². The molecule has 0 aromatic carbocycles. The van der Waals surface area contributed by atoms with Crippen LogP contribution in [0.25, 0.3) is 0 Å². The third kappa shape index (κ3) is 1.91. The lowest BCUT2D eigenvalue weighted by molar-refractivity contribution is -0.170. The Morgan fingerprint density at radius 3 is 2.83 bits per heavy atom. The number of cyclic esters (lactones) is 1. The molecule has 1 aliphatic heterocycles. The van der Waals surface area contributed by atoms with Gasteiger partial charge in [-0.15, -0.1) is 0 Å². The summed E-state index contributed by atoms with van der Waals surface area (Å²) in [4.78, 5) is 25.2. The molecular weight excluding hydrogens is 308 g/mol. The minimum atomic E-state index is -1.09. The van der Waals surface area contributed by atoms with Gasteiger partial charge in [-0.25, -0.2) is 0 Å². The van der Waals surface area contributed by atoms with Crippen molar-refractivity contribution in [2.24, 2.45) is 17.3 Å². The molecule has 0 amide bonds. The Morgan fingerprint density at radius 1 is 1.33 bits per heavy atom. The van der Waals surface area contributed by atoms with E-state index in [1.807, 2.05) is 6.92 Å². The minimum absolute atomic E-state index is 0.0183. The quantitative estimate of drug-likeness (QED) is 0.801. The maximum Gasteiger partial charge on any atom is 0.313 e. The van der Waals surface area contributed by atoms with Gasteiger partial charge in [-0.2, -0.15) is 0 Å². The van der Waals surface area contributed by atoms with E-state index in [0.717, 1.165) is 12.0 Å². The number of hydrogen-bond donors (Lipinski definition) is 1. The fourth-order valence-electron chi connectivity index (χ4n) is 5.09. The fourth-order valence-corrected chi connectivity index (χ4v) is 5.09. The number of carbonyl (C=O) groups is 2. The van der Waals surface area contributed by atoms with Gasteiger partial charge in [0.05, 0.1) is 23.5 Å². The lowest BCUT2D eigenvalue weighted by Crippen LogP contribution is -2.59. The van der Waals surface area contributed by atoms with E-state index >= 15 is 0 Å². The molecule has 1 aromatic rings. The highest BCUT2D eigenvalue weighted by Gasteiger charge is 2.66. The summed E-state index contributed by atoms with van der Waals surface area (Å²) >= 11 is 0. The standard InChI is InChI=1S/C19H22O5/c1-11-3-5-19(22)12(2)7-14(20)8-16(19)18(11)9-15(24-17(18)21)13-4-6-23-10-13/h4,6-7,10-11,15-16,22H,3,5,8-9H2,1-2H3/t11-,15+,16+,18-,19+/m0/s1. The summed E-state index contributed by atoms with van der Waals surface area (Å²) in [5.74, 6) is -0.663. The van der Waals surface area contributed by atoms with Crippen molar-refractivity contribution in [2.45, 2.75) is 51.2 Å². The molecule has 128 valence electrons. The zero-order valence-corrected chi connectivity index (χ0v) is 14.0. The van der Waals surface area contributed by atoms with Gasteiger partial charge in [-0.05, 0) is 43.4 Å². The number of carbonyl (C=O) groups excluding carboxylic acids is 2. The number of esters is 1. The molecule has 0 unspecified atom stereocenters. The van der Waals surface area contributed by atoms with Gasteiger partial charge in [0.2, 0.25) is 0 Å². The normalized spacial score (nSPS) is 42.0. The smallest absolute Gasteiger partial charge is 0.313 e. The number of furan rings is 1. The largest absolute Gasteiger partial charge is 0.472 e. The van der Waals surface area contributed by atoms with Crippen LogP contribution in [0.3, 0.4) is 0 Å². The lowest BCUT2D eigenvalue weighted by Gasteiger charge is -2.53. The van der Waals surface area contributed by atoms with Crippen molar-refractivity contribution < 1.29 is 23.8 Å². The number of ether oxygens (including phenoxy) is 1. The number of ketones is 1. The monoisotopic (exact) mass is 330 g/mol. The second-order valence-corrected chi connectivity index (χ2v) is 7.61. The van der Waals surface area contributed by atoms with Crippen molar-refractivity contribution in [3.8, 4) is 0 Å². The predicted octanol–water partition coefficient (Wildman–Crippen LogP) is 2.95. The highest BCUT2D eigenvalue weighted by atomic mass is 16.6. The molecule has 3 aliphatic rings. The molecule has 5 atom stereocenters. The second-order valence-electron chi connectivity index (χ2n) is 7.61. The Hall–Kier alpha value is -1.88. The summed E-state index contributed by atoms with van der Waals surface area (Å²) in [5.41, 5.74) is -0.407. The van der Waals surface area contributed by atoms with Gasteiger partial charge in [0, 0.05) is 24.3 Å². The highest BCUT2D eigenvalue weighted by molar-refractivity contribution is 5.93. The molecule has 2 aliphatic carbocycles. The van der Waals surface area contributed by atoms with Crippen LogP contribution in [0.2, 0.25) is 0 Å². The molecule has 2 heterocycles. The van der Waals surface area contributed by atoms with Crippen LogP contribution in [0.15, 0.2) is 34.7 Å². The van der Waals surface area contributed by atoms with Gasteiger partial charge >= 0.3 is 5.97 Å². The number of allylic oxidation sites excluding steroid dienone is 1. The van der Waals surface area contributed by atoms with Crippen molar-refractivity contribution in [1.29, 1.82) is 0 Å². The van der Waals surface area contributed by atoms with Crippen molar-refractivity contribution in [1.82, 2.24) is 0 Å². The molecule has 0 bridgehead atoms. The first-order valence-electron chi connectivity index (χ1n) is 8.55. The first kappa shape index (κ1) is 15.6. The third-order valence-electron chi connectivity index (χ3n) is 6.57. The Labute approximate surface area is 140 Å². The molecule has 5 nitrogen and oxygen atoms in total. The van der Waals surface area contributed by atoms with Crippen LogP contribution in [0.5, 0.6) is 0 Å². The zero-order chi connectivity index (χ0) is 17.1. The average molecular weight is 330 g/mol. The second kappa shape index (κ2) is 5.06. The van der Waals surface area contributed by atoms with Crippen LogP contribution in [0, 0.1) is 17.3 Å². The molecule has 24 heavy (non-hydrogen) atoms. The molecule has 5 heteroatoms.